The van der Waals surface area contributed by atoms with Gasteiger partial charge in [0.05, 0.1) is 23.0 Å². The minimum atomic E-state index is -3.99. The van der Waals surface area contributed by atoms with Crippen LogP contribution in [0.25, 0.3) is 11.0 Å². The zero-order valence-electron chi connectivity index (χ0n) is 14.4. The standard InChI is InChI=1S/C17H17ClN4O3S2/c1-2-3-9-19-17(23)12-8-7-11(18)10-14(12)22-27(24,25)15-6-4-5-13-16(15)21-26-20-13/h4-8,10,22H,2-3,9H2,1H3,(H,19,23). The van der Waals surface area contributed by atoms with E-state index in [2.05, 4.69) is 18.8 Å². The van der Waals surface area contributed by atoms with Crippen molar-refractivity contribution in [2.75, 3.05) is 11.3 Å². The normalized spacial score (nSPS) is 11.5. The Morgan fingerprint density at radius 3 is 2.81 bits per heavy atom. The first kappa shape index (κ1) is 19.5. The molecule has 0 aliphatic carbocycles. The first-order chi connectivity index (χ1) is 12.9. The molecule has 0 atom stereocenters. The van der Waals surface area contributed by atoms with Gasteiger partial charge in [-0.2, -0.15) is 8.75 Å². The van der Waals surface area contributed by atoms with Gasteiger partial charge in [-0.25, -0.2) is 8.42 Å². The van der Waals surface area contributed by atoms with E-state index >= 15 is 0 Å². The summed E-state index contributed by atoms with van der Waals surface area (Å²) in [5.41, 5.74) is 1.08. The highest BCUT2D eigenvalue weighted by Gasteiger charge is 2.22. The van der Waals surface area contributed by atoms with Gasteiger partial charge in [-0.05, 0) is 36.8 Å². The predicted octanol–water partition coefficient (Wildman–Crippen LogP) is 3.68. The van der Waals surface area contributed by atoms with Crippen LogP contribution in [-0.4, -0.2) is 29.6 Å². The third kappa shape index (κ3) is 4.37. The van der Waals surface area contributed by atoms with Gasteiger partial charge in [0.15, 0.2) is 0 Å². The van der Waals surface area contributed by atoms with Gasteiger partial charge in [0.25, 0.3) is 15.9 Å². The van der Waals surface area contributed by atoms with Gasteiger partial charge >= 0.3 is 0 Å². The molecule has 10 heteroatoms. The van der Waals surface area contributed by atoms with E-state index in [0.29, 0.717) is 17.1 Å². The zero-order chi connectivity index (χ0) is 19.4. The molecule has 0 aliphatic heterocycles. The van der Waals surface area contributed by atoms with Crippen LogP contribution in [0.1, 0.15) is 30.1 Å². The number of fused-ring (bicyclic) bond motifs is 1. The topological polar surface area (TPSA) is 101 Å². The number of nitrogens with zero attached hydrogens (tertiary/aromatic N) is 2. The van der Waals surface area contributed by atoms with E-state index in [-0.39, 0.29) is 27.6 Å². The summed E-state index contributed by atoms with van der Waals surface area (Å²) in [5, 5.41) is 3.08. The number of benzene rings is 2. The molecule has 1 heterocycles. The number of nitrogens with one attached hydrogen (secondary N) is 2. The highest BCUT2D eigenvalue weighted by molar-refractivity contribution is 7.93. The van der Waals surface area contributed by atoms with Crippen LogP contribution in [0.4, 0.5) is 5.69 Å². The van der Waals surface area contributed by atoms with Crippen LogP contribution >= 0.6 is 23.3 Å². The van der Waals surface area contributed by atoms with Crippen LogP contribution in [0.2, 0.25) is 5.02 Å². The summed E-state index contributed by atoms with van der Waals surface area (Å²) in [6.07, 6.45) is 1.77. The lowest BCUT2D eigenvalue weighted by Crippen LogP contribution is -2.26. The molecule has 1 aromatic heterocycles. The molecule has 0 fully saturated rings. The molecule has 3 rings (SSSR count). The monoisotopic (exact) mass is 424 g/mol. The number of unbranched alkanes of at least 4 members (excludes halogenated alkanes) is 1. The van der Waals surface area contributed by atoms with Crippen molar-refractivity contribution >= 4 is 56.0 Å². The molecule has 0 aliphatic rings. The average Bonchev–Trinajstić information content (AvgIpc) is 3.10. The van der Waals surface area contributed by atoms with Gasteiger partial charge in [-0.15, -0.1) is 0 Å². The first-order valence-electron chi connectivity index (χ1n) is 8.24. The Balaban J connectivity index is 1.95. The molecule has 142 valence electrons. The number of carbonyl (C=O) groups excluding carboxylic acids is 1. The zero-order valence-corrected chi connectivity index (χ0v) is 16.8. The number of anilines is 1. The average molecular weight is 425 g/mol. The highest BCUT2D eigenvalue weighted by Crippen LogP contribution is 2.27. The maximum absolute atomic E-state index is 12.9. The molecule has 27 heavy (non-hydrogen) atoms. The fourth-order valence-electron chi connectivity index (χ4n) is 2.47. The largest absolute Gasteiger partial charge is 0.352 e. The van der Waals surface area contributed by atoms with Gasteiger partial charge in [0.2, 0.25) is 0 Å². The van der Waals surface area contributed by atoms with Crippen LogP contribution in [-0.2, 0) is 10.0 Å². The Bertz CT molecular complexity index is 1080. The summed E-state index contributed by atoms with van der Waals surface area (Å²) in [6.45, 7) is 2.52. The molecule has 7 nitrogen and oxygen atoms in total. The molecule has 0 radical (unpaired) electrons. The lowest BCUT2D eigenvalue weighted by Gasteiger charge is -2.13. The smallest absolute Gasteiger partial charge is 0.264 e. The fourth-order valence-corrected chi connectivity index (χ4v) is 4.48. The van der Waals surface area contributed by atoms with E-state index in [0.717, 1.165) is 24.6 Å². The van der Waals surface area contributed by atoms with Crippen molar-refractivity contribution in [3.8, 4) is 0 Å². The Labute approximate surface area is 166 Å². The number of amides is 1. The Kier molecular flexibility index (Phi) is 5.93. The predicted molar refractivity (Wildman–Crippen MR) is 107 cm³/mol. The quantitative estimate of drug-likeness (QED) is 0.563. The summed E-state index contributed by atoms with van der Waals surface area (Å²) in [4.78, 5) is 12.4. The van der Waals surface area contributed by atoms with Crippen LogP contribution in [0.3, 0.4) is 0 Å². The number of halogens is 1. The molecular weight excluding hydrogens is 408 g/mol. The van der Waals surface area contributed by atoms with E-state index in [1.807, 2.05) is 6.92 Å². The van der Waals surface area contributed by atoms with E-state index in [4.69, 9.17) is 11.6 Å². The third-order valence-electron chi connectivity index (χ3n) is 3.82. The Morgan fingerprint density at radius 2 is 2.04 bits per heavy atom. The minimum Gasteiger partial charge on any atom is -0.352 e. The molecule has 0 bridgehead atoms. The number of carbonyl (C=O) groups is 1. The molecule has 3 aromatic rings. The van der Waals surface area contributed by atoms with Crippen molar-refractivity contribution in [3.63, 3.8) is 0 Å². The van der Waals surface area contributed by atoms with Crippen LogP contribution < -0.4 is 10.0 Å². The van der Waals surface area contributed by atoms with Crippen LogP contribution in [0, 0.1) is 0 Å². The maximum atomic E-state index is 12.9. The molecule has 2 N–H and O–H groups in total. The number of aromatic nitrogens is 2. The Morgan fingerprint density at radius 1 is 1.22 bits per heavy atom. The lowest BCUT2D eigenvalue weighted by atomic mass is 10.1. The molecule has 0 spiro atoms. The second-order valence-corrected chi connectivity index (χ2v) is 8.41. The first-order valence-corrected chi connectivity index (χ1v) is 10.8. The molecule has 0 unspecified atom stereocenters. The molecule has 0 saturated heterocycles. The summed E-state index contributed by atoms with van der Waals surface area (Å²) < 4.78 is 36.4. The van der Waals surface area contributed by atoms with Gasteiger partial charge < -0.3 is 5.32 Å². The second-order valence-electron chi connectivity index (χ2n) is 5.79. The van der Waals surface area contributed by atoms with E-state index in [9.17, 15) is 13.2 Å². The third-order valence-corrected chi connectivity index (χ3v) is 6.00. The number of hydrogen-bond acceptors (Lipinski definition) is 6. The van der Waals surface area contributed by atoms with Crippen LogP contribution in [0.5, 0.6) is 0 Å². The maximum Gasteiger partial charge on any atom is 0.264 e. The van der Waals surface area contributed by atoms with Gasteiger partial charge in [-0.3, -0.25) is 9.52 Å². The van der Waals surface area contributed by atoms with Crippen molar-refractivity contribution in [1.82, 2.24) is 14.1 Å². The van der Waals surface area contributed by atoms with Gasteiger partial charge in [0, 0.05) is 11.6 Å². The number of rotatable bonds is 7. The summed E-state index contributed by atoms with van der Waals surface area (Å²) in [6, 6.07) is 9.16. The molecule has 1 amide bonds. The summed E-state index contributed by atoms with van der Waals surface area (Å²) in [5.74, 6) is -0.369. The van der Waals surface area contributed by atoms with Crippen molar-refractivity contribution < 1.29 is 13.2 Å². The Hall–Kier alpha value is -2.23. The van der Waals surface area contributed by atoms with E-state index in [1.54, 1.807) is 18.2 Å². The number of hydrogen-bond donors (Lipinski definition) is 2. The number of sulfonamides is 1. The van der Waals surface area contributed by atoms with E-state index < -0.39 is 10.0 Å². The van der Waals surface area contributed by atoms with Gasteiger partial charge in [-0.1, -0.05) is 31.0 Å². The molecule has 2 aromatic carbocycles. The van der Waals surface area contributed by atoms with E-state index in [1.165, 1.54) is 18.2 Å². The fraction of sp³-hybridized carbons (Fsp3) is 0.235. The molecular formula is C17H17ClN4O3S2. The molecule has 0 saturated carbocycles. The highest BCUT2D eigenvalue weighted by atomic mass is 35.5. The van der Waals surface area contributed by atoms with Gasteiger partial charge in [0.1, 0.15) is 15.9 Å². The summed E-state index contributed by atoms with van der Waals surface area (Å²) >= 11 is 6.95. The van der Waals surface area contributed by atoms with Crippen molar-refractivity contribution in [3.05, 3.63) is 47.0 Å². The second kappa shape index (κ2) is 8.20. The minimum absolute atomic E-state index is 0.00827. The van der Waals surface area contributed by atoms with Crippen molar-refractivity contribution in [2.45, 2.75) is 24.7 Å². The van der Waals surface area contributed by atoms with Crippen molar-refractivity contribution in [1.29, 1.82) is 0 Å². The SMILES string of the molecule is CCCCNC(=O)c1ccc(Cl)cc1NS(=O)(=O)c1cccc2nsnc12. The lowest BCUT2D eigenvalue weighted by molar-refractivity contribution is 0.0954. The van der Waals surface area contributed by atoms with Crippen LogP contribution in [0.15, 0.2) is 41.3 Å². The summed E-state index contributed by atoms with van der Waals surface area (Å²) in [7, 11) is -3.99. The van der Waals surface area contributed by atoms with Crippen molar-refractivity contribution in [2.24, 2.45) is 0 Å².